The van der Waals surface area contributed by atoms with Gasteiger partial charge in [-0.25, -0.2) is 4.79 Å². The predicted octanol–water partition coefficient (Wildman–Crippen LogP) is 3.32. The Balaban J connectivity index is 1.87. The molecule has 1 amide bonds. The van der Waals surface area contributed by atoms with E-state index in [0.29, 0.717) is 6.54 Å². The molecule has 2 aromatic carbocycles. The zero-order valence-corrected chi connectivity index (χ0v) is 17.1. The second-order valence-electron chi connectivity index (χ2n) is 6.92. The summed E-state index contributed by atoms with van der Waals surface area (Å²) >= 11 is 0. The number of rotatable bonds is 6. The van der Waals surface area contributed by atoms with E-state index in [4.69, 9.17) is 8.60 Å². The normalized spacial score (nSPS) is 11.6. The molecule has 0 bridgehead atoms. The topological polar surface area (TPSA) is 103 Å². The Labute approximate surface area is 168 Å². The molecular formula is C21H21NO6S. The second-order valence-corrected chi connectivity index (χ2v) is 8.47. The fourth-order valence-corrected chi connectivity index (χ4v) is 3.80. The number of carbonyl (C=O) groups excluding carboxylic acids is 1. The number of fused-ring (bicyclic) bond motifs is 1. The Morgan fingerprint density at radius 3 is 2.41 bits per heavy atom. The van der Waals surface area contributed by atoms with Crippen molar-refractivity contribution in [3.8, 4) is 5.75 Å². The van der Waals surface area contributed by atoms with E-state index in [2.05, 4.69) is 5.32 Å². The minimum absolute atomic E-state index is 0.0263. The van der Waals surface area contributed by atoms with E-state index in [1.165, 1.54) is 37.3 Å². The number of amides is 1. The molecule has 0 aliphatic carbocycles. The van der Waals surface area contributed by atoms with Gasteiger partial charge in [-0.15, -0.1) is 0 Å². The third kappa shape index (κ3) is 4.83. The number of hydrogen-bond acceptors (Lipinski definition) is 6. The molecule has 0 unspecified atom stereocenters. The largest absolute Gasteiger partial charge is 0.423 e. The van der Waals surface area contributed by atoms with Gasteiger partial charge in [0.05, 0.1) is 0 Å². The van der Waals surface area contributed by atoms with Gasteiger partial charge < -0.3 is 13.9 Å². The van der Waals surface area contributed by atoms with Gasteiger partial charge in [0.15, 0.2) is 0 Å². The molecule has 8 heteroatoms. The van der Waals surface area contributed by atoms with Crippen LogP contribution in [0.4, 0.5) is 0 Å². The van der Waals surface area contributed by atoms with Gasteiger partial charge in [-0.2, -0.15) is 8.42 Å². The summed E-state index contributed by atoms with van der Waals surface area (Å²) in [5.41, 5.74) is 1.34. The van der Waals surface area contributed by atoms with Gasteiger partial charge in [0.25, 0.3) is 0 Å². The highest BCUT2D eigenvalue weighted by atomic mass is 32.2. The summed E-state index contributed by atoms with van der Waals surface area (Å²) in [6.07, 6.45) is 0. The zero-order valence-electron chi connectivity index (χ0n) is 16.3. The first-order chi connectivity index (χ1) is 13.7. The average Bonchev–Trinajstić information content (AvgIpc) is 2.65. The Kier molecular flexibility index (Phi) is 5.74. The van der Waals surface area contributed by atoms with Crippen LogP contribution in [0.15, 0.2) is 62.6 Å². The summed E-state index contributed by atoms with van der Waals surface area (Å²) in [5, 5.41) is 3.37. The van der Waals surface area contributed by atoms with Crippen molar-refractivity contribution in [2.75, 3.05) is 0 Å². The monoisotopic (exact) mass is 415 g/mol. The molecule has 29 heavy (non-hydrogen) atoms. The maximum atomic E-state index is 12.6. The molecule has 0 aliphatic rings. The van der Waals surface area contributed by atoms with Gasteiger partial charge in [-0.3, -0.25) is 4.79 Å². The van der Waals surface area contributed by atoms with Crippen molar-refractivity contribution in [2.45, 2.75) is 38.1 Å². The van der Waals surface area contributed by atoms with Crippen LogP contribution in [0.5, 0.6) is 5.75 Å². The highest BCUT2D eigenvalue weighted by Gasteiger charge is 2.18. The Morgan fingerprint density at radius 1 is 1.10 bits per heavy atom. The molecule has 0 radical (unpaired) electrons. The van der Waals surface area contributed by atoms with Crippen LogP contribution in [0, 0.1) is 0 Å². The molecule has 0 saturated heterocycles. The first kappa shape index (κ1) is 20.6. The lowest BCUT2D eigenvalue weighted by atomic mass is 10.00. The molecule has 7 nitrogen and oxygen atoms in total. The van der Waals surface area contributed by atoms with Crippen molar-refractivity contribution < 1.29 is 21.8 Å². The minimum Gasteiger partial charge on any atom is -0.423 e. The third-order valence-electron chi connectivity index (χ3n) is 4.33. The van der Waals surface area contributed by atoms with Gasteiger partial charge in [0.1, 0.15) is 16.2 Å². The molecule has 0 spiro atoms. The van der Waals surface area contributed by atoms with E-state index in [1.807, 2.05) is 13.8 Å². The van der Waals surface area contributed by atoms with E-state index in [-0.39, 0.29) is 28.1 Å². The van der Waals surface area contributed by atoms with Crippen molar-refractivity contribution in [3.63, 3.8) is 0 Å². The molecule has 1 N–H and O–H groups in total. The van der Waals surface area contributed by atoms with E-state index < -0.39 is 15.7 Å². The lowest BCUT2D eigenvalue weighted by Crippen LogP contribution is -2.19. The fraction of sp³-hybridized carbons (Fsp3) is 0.238. The van der Waals surface area contributed by atoms with Crippen molar-refractivity contribution in [3.05, 3.63) is 70.1 Å². The molecule has 1 aromatic heterocycles. The molecule has 0 fully saturated rings. The first-order valence-corrected chi connectivity index (χ1v) is 10.4. The Hall–Kier alpha value is -3.13. The molecule has 0 saturated carbocycles. The summed E-state index contributed by atoms with van der Waals surface area (Å²) in [7, 11) is -4.07. The molecule has 152 valence electrons. The van der Waals surface area contributed by atoms with Crippen LogP contribution >= 0.6 is 0 Å². The average molecular weight is 415 g/mol. The highest BCUT2D eigenvalue weighted by Crippen LogP contribution is 2.28. The van der Waals surface area contributed by atoms with E-state index in [1.54, 1.807) is 18.2 Å². The molecule has 3 rings (SSSR count). The molecule has 3 aromatic rings. The van der Waals surface area contributed by atoms with Crippen LogP contribution in [-0.4, -0.2) is 14.3 Å². The van der Waals surface area contributed by atoms with Gasteiger partial charge in [0, 0.05) is 31.0 Å². The van der Waals surface area contributed by atoms with Gasteiger partial charge in [-0.05, 0) is 41.3 Å². The highest BCUT2D eigenvalue weighted by molar-refractivity contribution is 7.87. The Morgan fingerprint density at radius 2 is 1.79 bits per heavy atom. The first-order valence-electron chi connectivity index (χ1n) is 9.01. The van der Waals surface area contributed by atoms with Crippen molar-refractivity contribution in [1.29, 1.82) is 0 Å². The predicted molar refractivity (Wildman–Crippen MR) is 108 cm³/mol. The van der Waals surface area contributed by atoms with Crippen LogP contribution in [0.1, 0.15) is 37.8 Å². The maximum absolute atomic E-state index is 12.6. The minimum atomic E-state index is -4.07. The SMILES string of the molecule is CC(=O)NCc1ccc(S(=O)(=O)Oc2ccc3c(C(C)C)cc(=O)oc3c2)cc1. The van der Waals surface area contributed by atoms with Crippen LogP contribution in [0.3, 0.4) is 0 Å². The molecular weight excluding hydrogens is 394 g/mol. The lowest BCUT2D eigenvalue weighted by Gasteiger charge is -2.11. The standard InChI is InChI=1S/C21H21NO6S/c1-13(2)19-11-21(24)27-20-10-16(6-9-18(19)20)28-29(25,26)17-7-4-15(5-8-17)12-22-14(3)23/h4-11,13H,12H2,1-3H3,(H,22,23). The quantitative estimate of drug-likeness (QED) is 0.489. The molecule has 0 aliphatic heterocycles. The van der Waals surface area contributed by atoms with Gasteiger partial charge in [0.2, 0.25) is 5.91 Å². The molecule has 0 atom stereocenters. The van der Waals surface area contributed by atoms with Crippen LogP contribution < -0.4 is 15.1 Å². The fourth-order valence-electron chi connectivity index (χ4n) is 2.87. The summed E-state index contributed by atoms with van der Waals surface area (Å²) in [6.45, 7) is 5.62. The summed E-state index contributed by atoms with van der Waals surface area (Å²) < 4.78 is 35.6. The van der Waals surface area contributed by atoms with Gasteiger partial charge >= 0.3 is 15.7 Å². The zero-order chi connectivity index (χ0) is 21.2. The number of carbonyl (C=O) groups is 1. The van der Waals surface area contributed by atoms with Crippen molar-refractivity contribution in [2.24, 2.45) is 0 Å². The maximum Gasteiger partial charge on any atom is 0.339 e. The van der Waals surface area contributed by atoms with Gasteiger partial charge in [-0.1, -0.05) is 26.0 Å². The number of benzene rings is 2. The number of hydrogen-bond donors (Lipinski definition) is 1. The Bertz CT molecular complexity index is 1210. The van der Waals surface area contributed by atoms with E-state index in [0.717, 1.165) is 16.5 Å². The number of nitrogens with one attached hydrogen (secondary N) is 1. The molecule has 1 heterocycles. The van der Waals surface area contributed by atoms with E-state index >= 15 is 0 Å². The summed E-state index contributed by atoms with van der Waals surface area (Å²) in [5.74, 6) is -0.0226. The van der Waals surface area contributed by atoms with Crippen LogP contribution in [-0.2, 0) is 21.5 Å². The third-order valence-corrected chi connectivity index (χ3v) is 5.59. The lowest BCUT2D eigenvalue weighted by molar-refractivity contribution is -0.119. The van der Waals surface area contributed by atoms with Crippen molar-refractivity contribution >= 4 is 27.0 Å². The summed E-state index contributed by atoms with van der Waals surface area (Å²) in [4.78, 5) is 22.7. The van der Waals surface area contributed by atoms with Crippen LogP contribution in [0.25, 0.3) is 11.0 Å². The van der Waals surface area contributed by atoms with E-state index in [9.17, 15) is 18.0 Å². The second kappa shape index (κ2) is 8.08. The van der Waals surface area contributed by atoms with Crippen LogP contribution in [0.2, 0.25) is 0 Å². The smallest absolute Gasteiger partial charge is 0.339 e. The van der Waals surface area contributed by atoms with Crippen molar-refractivity contribution in [1.82, 2.24) is 5.32 Å². The summed E-state index contributed by atoms with van der Waals surface area (Å²) in [6, 6.07) is 12.0.